The standard InChI is InChI=1S/C12H11FN4O/c1-5-6(2)15-11-8(5)3-7(4-9(11)13)10-12(14)17-18-16-10/h3-4,15H,1-2H3,(H2,14,17). The summed E-state index contributed by atoms with van der Waals surface area (Å²) in [6, 6.07) is 3.20. The van der Waals surface area contributed by atoms with Gasteiger partial charge >= 0.3 is 0 Å². The van der Waals surface area contributed by atoms with E-state index in [0.717, 1.165) is 16.6 Å². The van der Waals surface area contributed by atoms with Gasteiger partial charge in [-0.25, -0.2) is 9.02 Å². The lowest BCUT2D eigenvalue weighted by Gasteiger charge is -2.00. The van der Waals surface area contributed by atoms with Crippen molar-refractivity contribution in [3.05, 3.63) is 29.2 Å². The van der Waals surface area contributed by atoms with E-state index in [-0.39, 0.29) is 11.6 Å². The van der Waals surface area contributed by atoms with Crippen LogP contribution in [0.4, 0.5) is 10.2 Å². The van der Waals surface area contributed by atoms with Gasteiger partial charge < -0.3 is 10.7 Å². The summed E-state index contributed by atoms with van der Waals surface area (Å²) in [6.45, 7) is 3.84. The average molecular weight is 246 g/mol. The number of anilines is 1. The monoisotopic (exact) mass is 246 g/mol. The number of fused-ring (bicyclic) bond motifs is 1. The molecule has 0 aliphatic heterocycles. The Morgan fingerprint density at radius 3 is 2.72 bits per heavy atom. The number of nitrogen functional groups attached to an aromatic ring is 1. The van der Waals surface area contributed by atoms with Crippen molar-refractivity contribution in [2.75, 3.05) is 5.73 Å². The minimum atomic E-state index is -0.346. The van der Waals surface area contributed by atoms with E-state index in [1.54, 1.807) is 0 Å². The number of hydrogen-bond donors (Lipinski definition) is 2. The quantitative estimate of drug-likeness (QED) is 0.691. The van der Waals surface area contributed by atoms with Crippen LogP contribution in [0.3, 0.4) is 0 Å². The third-order valence-electron chi connectivity index (χ3n) is 3.16. The van der Waals surface area contributed by atoms with E-state index >= 15 is 0 Å². The Hall–Kier alpha value is -2.37. The van der Waals surface area contributed by atoms with Gasteiger partial charge in [0.25, 0.3) is 0 Å². The number of aryl methyl sites for hydroxylation is 2. The normalized spacial score (nSPS) is 11.3. The number of nitrogens with one attached hydrogen (secondary N) is 1. The number of aromatic amines is 1. The number of rotatable bonds is 1. The van der Waals surface area contributed by atoms with Crippen LogP contribution in [0.5, 0.6) is 0 Å². The molecule has 5 nitrogen and oxygen atoms in total. The van der Waals surface area contributed by atoms with E-state index in [0.29, 0.717) is 16.8 Å². The zero-order valence-corrected chi connectivity index (χ0v) is 9.91. The molecule has 0 unspecified atom stereocenters. The zero-order valence-electron chi connectivity index (χ0n) is 9.91. The van der Waals surface area contributed by atoms with Gasteiger partial charge in [-0.2, -0.15) is 0 Å². The van der Waals surface area contributed by atoms with Gasteiger partial charge in [0.2, 0.25) is 0 Å². The number of nitrogens with zero attached hydrogens (tertiary/aromatic N) is 2. The molecular formula is C12H11FN4O. The van der Waals surface area contributed by atoms with Crippen molar-refractivity contribution in [2.45, 2.75) is 13.8 Å². The van der Waals surface area contributed by atoms with Gasteiger partial charge in [0.15, 0.2) is 11.5 Å². The zero-order chi connectivity index (χ0) is 12.9. The number of nitrogens with two attached hydrogens (primary N) is 1. The van der Waals surface area contributed by atoms with Gasteiger partial charge in [-0.3, -0.25) is 0 Å². The van der Waals surface area contributed by atoms with Gasteiger partial charge in [-0.15, -0.1) is 0 Å². The number of aromatic nitrogens is 3. The Kier molecular flexibility index (Phi) is 2.13. The third-order valence-corrected chi connectivity index (χ3v) is 3.16. The molecule has 0 aliphatic carbocycles. The highest BCUT2D eigenvalue weighted by Crippen LogP contribution is 2.30. The summed E-state index contributed by atoms with van der Waals surface area (Å²) in [5.41, 5.74) is 8.95. The summed E-state index contributed by atoms with van der Waals surface area (Å²) in [7, 11) is 0. The Bertz CT molecular complexity index is 744. The van der Waals surface area contributed by atoms with Crippen LogP contribution in [0.2, 0.25) is 0 Å². The molecule has 3 rings (SSSR count). The molecule has 0 fully saturated rings. The second-order valence-electron chi connectivity index (χ2n) is 4.25. The fourth-order valence-corrected chi connectivity index (χ4v) is 2.05. The first kappa shape index (κ1) is 10.8. The maximum absolute atomic E-state index is 14.0. The summed E-state index contributed by atoms with van der Waals surface area (Å²) >= 11 is 0. The lowest BCUT2D eigenvalue weighted by atomic mass is 10.1. The van der Waals surface area contributed by atoms with Crippen LogP contribution in [0, 0.1) is 19.7 Å². The lowest BCUT2D eigenvalue weighted by molar-refractivity contribution is 0.310. The first-order valence-corrected chi connectivity index (χ1v) is 5.44. The molecule has 0 saturated carbocycles. The minimum absolute atomic E-state index is 0.152. The highest BCUT2D eigenvalue weighted by atomic mass is 19.1. The van der Waals surface area contributed by atoms with Crippen molar-refractivity contribution in [1.82, 2.24) is 15.3 Å². The first-order chi connectivity index (χ1) is 8.58. The van der Waals surface area contributed by atoms with Crippen molar-refractivity contribution < 1.29 is 9.02 Å². The molecule has 3 aromatic rings. The van der Waals surface area contributed by atoms with Gasteiger partial charge in [-0.05, 0) is 41.9 Å². The Balaban J connectivity index is 2.33. The molecule has 3 N–H and O–H groups in total. The van der Waals surface area contributed by atoms with Gasteiger partial charge in [-0.1, -0.05) is 0 Å². The van der Waals surface area contributed by atoms with Gasteiger partial charge in [0, 0.05) is 16.6 Å². The molecule has 6 heteroatoms. The molecular weight excluding hydrogens is 235 g/mol. The van der Waals surface area contributed by atoms with Gasteiger partial charge in [0.05, 0.1) is 5.52 Å². The molecule has 0 spiro atoms. The fraction of sp³-hybridized carbons (Fsp3) is 0.167. The van der Waals surface area contributed by atoms with E-state index in [2.05, 4.69) is 19.9 Å². The largest absolute Gasteiger partial charge is 0.379 e. The topological polar surface area (TPSA) is 80.7 Å². The predicted molar refractivity (Wildman–Crippen MR) is 65.4 cm³/mol. The van der Waals surface area contributed by atoms with Crippen LogP contribution in [-0.4, -0.2) is 15.3 Å². The van der Waals surface area contributed by atoms with Crippen LogP contribution in [0.15, 0.2) is 16.8 Å². The summed E-state index contributed by atoms with van der Waals surface area (Å²) in [5, 5.41) is 7.98. The van der Waals surface area contributed by atoms with Crippen LogP contribution >= 0.6 is 0 Å². The van der Waals surface area contributed by atoms with Crippen molar-refractivity contribution in [2.24, 2.45) is 0 Å². The van der Waals surface area contributed by atoms with Crippen molar-refractivity contribution in [1.29, 1.82) is 0 Å². The molecule has 0 atom stereocenters. The van der Waals surface area contributed by atoms with Crippen molar-refractivity contribution in [3.63, 3.8) is 0 Å². The molecule has 2 aromatic heterocycles. The molecule has 0 amide bonds. The van der Waals surface area contributed by atoms with E-state index in [9.17, 15) is 4.39 Å². The molecule has 92 valence electrons. The smallest absolute Gasteiger partial charge is 0.196 e. The van der Waals surface area contributed by atoms with Crippen LogP contribution in [0.25, 0.3) is 22.2 Å². The summed E-state index contributed by atoms with van der Waals surface area (Å²) < 4.78 is 18.5. The minimum Gasteiger partial charge on any atom is -0.379 e. The summed E-state index contributed by atoms with van der Waals surface area (Å²) in [6.07, 6.45) is 0. The van der Waals surface area contributed by atoms with Gasteiger partial charge in [0.1, 0.15) is 5.82 Å². The highest BCUT2D eigenvalue weighted by molar-refractivity contribution is 5.89. The summed E-state index contributed by atoms with van der Waals surface area (Å²) in [5.74, 6) is -0.195. The van der Waals surface area contributed by atoms with E-state index in [4.69, 9.17) is 5.73 Å². The number of hydrogen-bond acceptors (Lipinski definition) is 4. The SMILES string of the molecule is Cc1[nH]c2c(F)cc(-c3nonc3N)cc2c1C. The molecule has 18 heavy (non-hydrogen) atoms. The molecule has 0 saturated heterocycles. The third kappa shape index (κ3) is 1.38. The van der Waals surface area contributed by atoms with E-state index < -0.39 is 0 Å². The second-order valence-corrected chi connectivity index (χ2v) is 4.25. The van der Waals surface area contributed by atoms with Crippen LogP contribution in [0.1, 0.15) is 11.3 Å². The molecule has 1 aromatic carbocycles. The Morgan fingerprint density at radius 1 is 1.28 bits per heavy atom. The Labute approximate surface area is 102 Å². The van der Waals surface area contributed by atoms with Crippen LogP contribution < -0.4 is 5.73 Å². The van der Waals surface area contributed by atoms with Crippen molar-refractivity contribution in [3.8, 4) is 11.3 Å². The number of halogens is 1. The average Bonchev–Trinajstić information content (AvgIpc) is 2.87. The van der Waals surface area contributed by atoms with E-state index in [1.807, 2.05) is 19.9 Å². The number of H-pyrrole nitrogens is 1. The lowest BCUT2D eigenvalue weighted by Crippen LogP contribution is -1.90. The highest BCUT2D eigenvalue weighted by Gasteiger charge is 2.15. The predicted octanol–water partition coefficient (Wildman–Crippen LogP) is 2.56. The first-order valence-electron chi connectivity index (χ1n) is 5.44. The fourth-order valence-electron chi connectivity index (χ4n) is 2.05. The molecule has 2 heterocycles. The summed E-state index contributed by atoms with van der Waals surface area (Å²) in [4.78, 5) is 3.02. The maximum Gasteiger partial charge on any atom is 0.196 e. The van der Waals surface area contributed by atoms with Crippen molar-refractivity contribution >= 4 is 16.7 Å². The molecule has 0 bridgehead atoms. The van der Waals surface area contributed by atoms with Crippen LogP contribution in [-0.2, 0) is 0 Å². The molecule has 0 radical (unpaired) electrons. The second kappa shape index (κ2) is 3.56. The number of benzene rings is 1. The maximum atomic E-state index is 14.0. The Morgan fingerprint density at radius 2 is 2.06 bits per heavy atom. The van der Waals surface area contributed by atoms with E-state index in [1.165, 1.54) is 6.07 Å². The molecule has 0 aliphatic rings.